The quantitative estimate of drug-likeness (QED) is 0.922. The third-order valence-electron chi connectivity index (χ3n) is 4.86. The highest BCUT2D eigenvalue weighted by Crippen LogP contribution is 2.59. The maximum Gasteiger partial charge on any atom is 0.307 e. The first kappa shape index (κ1) is 14.1. The lowest BCUT2D eigenvalue weighted by atomic mass is 9.90. The molecule has 1 aromatic rings. The van der Waals surface area contributed by atoms with Gasteiger partial charge in [0.05, 0.1) is 11.6 Å². The van der Waals surface area contributed by atoms with Crippen molar-refractivity contribution in [3.05, 3.63) is 17.5 Å². The minimum absolute atomic E-state index is 0.0624. The molecule has 1 amide bonds. The van der Waals surface area contributed by atoms with Crippen molar-refractivity contribution in [3.8, 4) is 0 Å². The summed E-state index contributed by atoms with van der Waals surface area (Å²) in [5, 5.41) is 13.0. The van der Waals surface area contributed by atoms with Gasteiger partial charge in [0.2, 0.25) is 5.76 Å². The first-order valence-electron chi connectivity index (χ1n) is 7.42. The molecule has 0 radical (unpaired) electrons. The molecule has 21 heavy (non-hydrogen) atoms. The van der Waals surface area contributed by atoms with E-state index in [4.69, 9.17) is 9.63 Å². The van der Waals surface area contributed by atoms with E-state index in [9.17, 15) is 9.59 Å². The number of aromatic nitrogens is 1. The Bertz CT molecular complexity index is 570. The van der Waals surface area contributed by atoms with Gasteiger partial charge in [-0.2, -0.15) is 0 Å². The minimum Gasteiger partial charge on any atom is -0.481 e. The number of carbonyl (C=O) groups is 2. The largest absolute Gasteiger partial charge is 0.481 e. The second-order valence-corrected chi connectivity index (χ2v) is 6.52. The number of likely N-dealkylation sites (tertiary alicyclic amines) is 1. The molecule has 1 aliphatic heterocycles. The molecule has 2 fully saturated rings. The van der Waals surface area contributed by atoms with Crippen molar-refractivity contribution in [2.24, 2.45) is 11.3 Å². The summed E-state index contributed by atoms with van der Waals surface area (Å²) in [6, 6.07) is 1.70. The van der Waals surface area contributed by atoms with Crippen molar-refractivity contribution in [1.82, 2.24) is 10.1 Å². The Morgan fingerprint density at radius 1 is 1.43 bits per heavy atom. The van der Waals surface area contributed by atoms with Gasteiger partial charge in [-0.25, -0.2) is 0 Å². The van der Waals surface area contributed by atoms with Crippen LogP contribution in [0.3, 0.4) is 0 Å². The zero-order chi connectivity index (χ0) is 15.2. The zero-order valence-corrected chi connectivity index (χ0v) is 12.3. The minimum atomic E-state index is -0.702. The van der Waals surface area contributed by atoms with Gasteiger partial charge in [0.25, 0.3) is 5.91 Å². The molecule has 0 bridgehead atoms. The number of hydrogen-bond acceptors (Lipinski definition) is 4. The van der Waals surface area contributed by atoms with E-state index in [0.29, 0.717) is 13.1 Å². The van der Waals surface area contributed by atoms with Gasteiger partial charge in [0.1, 0.15) is 0 Å². The predicted molar refractivity (Wildman–Crippen MR) is 73.9 cm³/mol. The average Bonchev–Trinajstić information content (AvgIpc) is 2.94. The van der Waals surface area contributed by atoms with E-state index in [1.54, 1.807) is 11.0 Å². The molecular weight excluding hydrogens is 272 g/mol. The number of carboxylic acid groups (broad SMARTS) is 1. The first-order valence-corrected chi connectivity index (χ1v) is 7.42. The van der Waals surface area contributed by atoms with Crippen LogP contribution >= 0.6 is 0 Å². The van der Waals surface area contributed by atoms with Crippen LogP contribution in [0.2, 0.25) is 0 Å². The molecule has 2 aliphatic rings. The summed E-state index contributed by atoms with van der Waals surface area (Å²) in [7, 11) is 0. The molecule has 1 N–H and O–H groups in total. The van der Waals surface area contributed by atoms with Crippen molar-refractivity contribution >= 4 is 11.9 Å². The van der Waals surface area contributed by atoms with Gasteiger partial charge in [0.15, 0.2) is 0 Å². The fraction of sp³-hybridized carbons (Fsp3) is 0.667. The number of piperidine rings is 1. The Balaban J connectivity index is 1.61. The predicted octanol–water partition coefficient (Wildman–Crippen LogP) is 2.12. The van der Waals surface area contributed by atoms with Gasteiger partial charge in [0, 0.05) is 19.2 Å². The zero-order valence-electron chi connectivity index (χ0n) is 12.3. The van der Waals surface area contributed by atoms with Crippen LogP contribution in [0.4, 0.5) is 0 Å². The SMILES string of the molecule is CC(C)c1cc(C(=O)N2CCC3(CC2)CC3C(=O)O)on1. The maximum atomic E-state index is 12.4. The van der Waals surface area contributed by atoms with E-state index in [1.807, 2.05) is 13.8 Å². The monoisotopic (exact) mass is 292 g/mol. The third-order valence-corrected chi connectivity index (χ3v) is 4.86. The molecule has 6 nitrogen and oxygen atoms in total. The number of hydrogen-bond donors (Lipinski definition) is 1. The van der Waals surface area contributed by atoms with Gasteiger partial charge >= 0.3 is 5.97 Å². The van der Waals surface area contributed by atoms with Crippen LogP contribution < -0.4 is 0 Å². The number of amides is 1. The summed E-state index contributed by atoms with van der Waals surface area (Å²) < 4.78 is 5.13. The van der Waals surface area contributed by atoms with Gasteiger partial charge in [-0.05, 0) is 30.6 Å². The number of aliphatic carboxylic acids is 1. The van der Waals surface area contributed by atoms with Crippen LogP contribution in [0.5, 0.6) is 0 Å². The normalized spacial score (nSPS) is 23.6. The van der Waals surface area contributed by atoms with E-state index in [0.717, 1.165) is 25.0 Å². The molecule has 1 saturated carbocycles. The van der Waals surface area contributed by atoms with Crippen LogP contribution in [-0.2, 0) is 4.79 Å². The summed E-state index contributed by atoms with van der Waals surface area (Å²) in [4.78, 5) is 25.1. The van der Waals surface area contributed by atoms with Gasteiger partial charge in [-0.3, -0.25) is 9.59 Å². The number of carboxylic acids is 1. The van der Waals surface area contributed by atoms with Crippen molar-refractivity contribution in [2.75, 3.05) is 13.1 Å². The number of nitrogens with zero attached hydrogens (tertiary/aromatic N) is 2. The van der Waals surface area contributed by atoms with Crippen LogP contribution in [0.15, 0.2) is 10.6 Å². The molecule has 1 aliphatic carbocycles. The molecule has 1 spiro atoms. The summed E-state index contributed by atoms with van der Waals surface area (Å²) in [6.45, 7) is 5.19. The van der Waals surface area contributed by atoms with Crippen molar-refractivity contribution in [1.29, 1.82) is 0 Å². The standard InChI is InChI=1S/C15H20N2O4/c1-9(2)11-7-12(21-16-11)13(18)17-5-3-15(4-6-17)8-10(15)14(19)20/h7,9-10H,3-6,8H2,1-2H3,(H,19,20). The molecule has 114 valence electrons. The fourth-order valence-electron chi connectivity index (χ4n) is 3.22. The highest BCUT2D eigenvalue weighted by Gasteiger charge is 2.59. The topological polar surface area (TPSA) is 83.6 Å². The molecular formula is C15H20N2O4. The lowest BCUT2D eigenvalue weighted by molar-refractivity contribution is -0.139. The van der Waals surface area contributed by atoms with Gasteiger partial charge in [-0.1, -0.05) is 19.0 Å². The van der Waals surface area contributed by atoms with E-state index < -0.39 is 5.97 Å². The second-order valence-electron chi connectivity index (χ2n) is 6.52. The van der Waals surface area contributed by atoms with Crippen LogP contribution in [0, 0.1) is 11.3 Å². The van der Waals surface area contributed by atoms with E-state index >= 15 is 0 Å². The Morgan fingerprint density at radius 3 is 2.57 bits per heavy atom. The summed E-state index contributed by atoms with van der Waals surface area (Å²) in [5.74, 6) is -0.557. The molecule has 2 heterocycles. The Morgan fingerprint density at radius 2 is 2.10 bits per heavy atom. The Hall–Kier alpha value is -1.85. The molecule has 1 saturated heterocycles. The van der Waals surface area contributed by atoms with E-state index in [2.05, 4.69) is 5.16 Å². The molecule has 1 aromatic heterocycles. The van der Waals surface area contributed by atoms with Crippen molar-refractivity contribution in [2.45, 2.75) is 39.0 Å². The molecule has 3 rings (SSSR count). The summed E-state index contributed by atoms with van der Waals surface area (Å²) in [5.41, 5.74) is 0.715. The summed E-state index contributed by atoms with van der Waals surface area (Å²) in [6.07, 6.45) is 2.28. The van der Waals surface area contributed by atoms with Crippen molar-refractivity contribution < 1.29 is 19.2 Å². The van der Waals surface area contributed by atoms with Gasteiger partial charge < -0.3 is 14.5 Å². The highest BCUT2D eigenvalue weighted by atomic mass is 16.5. The maximum absolute atomic E-state index is 12.4. The van der Waals surface area contributed by atoms with E-state index in [1.165, 1.54) is 0 Å². The molecule has 0 aromatic carbocycles. The van der Waals surface area contributed by atoms with Crippen LogP contribution in [0.25, 0.3) is 0 Å². The van der Waals surface area contributed by atoms with Crippen LogP contribution in [-0.4, -0.2) is 40.1 Å². The average molecular weight is 292 g/mol. The van der Waals surface area contributed by atoms with Crippen LogP contribution in [0.1, 0.15) is 55.3 Å². The first-order chi connectivity index (χ1) is 9.93. The molecule has 1 atom stereocenters. The second kappa shape index (κ2) is 4.86. The lowest BCUT2D eigenvalue weighted by Gasteiger charge is -2.31. The summed E-state index contributed by atoms with van der Waals surface area (Å²) >= 11 is 0. The van der Waals surface area contributed by atoms with Crippen molar-refractivity contribution in [3.63, 3.8) is 0 Å². The lowest BCUT2D eigenvalue weighted by Crippen LogP contribution is -2.39. The fourth-order valence-corrected chi connectivity index (χ4v) is 3.22. The Kier molecular flexibility index (Phi) is 3.26. The van der Waals surface area contributed by atoms with E-state index in [-0.39, 0.29) is 28.9 Å². The Labute approximate surface area is 123 Å². The smallest absolute Gasteiger partial charge is 0.307 e. The van der Waals surface area contributed by atoms with Gasteiger partial charge in [-0.15, -0.1) is 0 Å². The number of carbonyl (C=O) groups excluding carboxylic acids is 1. The molecule has 6 heteroatoms. The molecule has 1 unspecified atom stereocenters. The third kappa shape index (κ3) is 2.43. The number of rotatable bonds is 3. The highest BCUT2D eigenvalue weighted by molar-refractivity contribution is 5.91.